The van der Waals surface area contributed by atoms with Crippen LogP contribution in [0.5, 0.6) is 0 Å². The van der Waals surface area contributed by atoms with Gasteiger partial charge in [0.25, 0.3) is 0 Å². The Morgan fingerprint density at radius 3 is 2.47 bits per heavy atom. The van der Waals surface area contributed by atoms with Crippen molar-refractivity contribution < 1.29 is 0 Å². The van der Waals surface area contributed by atoms with E-state index in [1.165, 1.54) is 11.1 Å². The summed E-state index contributed by atoms with van der Waals surface area (Å²) < 4.78 is 1.98. The molecule has 1 aromatic heterocycles. The third kappa shape index (κ3) is 2.47. The lowest BCUT2D eigenvalue weighted by molar-refractivity contribution is 1.24. The lowest BCUT2D eigenvalue weighted by Crippen LogP contribution is -2.01. The van der Waals surface area contributed by atoms with Crippen molar-refractivity contribution in [3.63, 3.8) is 0 Å². The Kier molecular flexibility index (Phi) is 3.20. The van der Waals surface area contributed by atoms with Crippen LogP contribution < -0.4 is 3.11 Å². The van der Waals surface area contributed by atoms with Crippen LogP contribution in [0.1, 0.15) is 0 Å². The minimum atomic E-state index is 0.969. The maximum absolute atomic E-state index is 4.28. The van der Waals surface area contributed by atoms with Crippen LogP contribution in [0.4, 0.5) is 5.82 Å². The van der Waals surface area contributed by atoms with Gasteiger partial charge in [-0.05, 0) is 23.3 Å². The second-order valence-corrected chi connectivity index (χ2v) is 4.69. The predicted octanol–water partition coefficient (Wildman–Crippen LogP) is 3.53. The summed E-state index contributed by atoms with van der Waals surface area (Å²) in [6.45, 7) is 0. The summed E-state index contributed by atoms with van der Waals surface area (Å²) in [5.74, 6) is 0.969. The molecule has 15 heavy (non-hydrogen) atoms. The summed E-state index contributed by atoms with van der Waals surface area (Å²) in [6.07, 6.45) is 1.84. The average Bonchev–Trinajstić information content (AvgIpc) is 2.30. The maximum Gasteiger partial charge on any atom is 0.137 e. The van der Waals surface area contributed by atoms with Gasteiger partial charge in [-0.25, -0.2) is 4.98 Å². The van der Waals surface area contributed by atoms with Gasteiger partial charge in [0.1, 0.15) is 5.82 Å². The molecule has 0 fully saturated rings. The van der Waals surface area contributed by atoms with Crippen LogP contribution in [-0.2, 0) is 0 Å². The van der Waals surface area contributed by atoms with Gasteiger partial charge in [-0.3, -0.25) is 0 Å². The number of hydrogen-bond donors (Lipinski definition) is 0. The molecule has 0 atom stereocenters. The number of aromatic nitrogens is 1. The molecular weight excluding hydrogens is 299 g/mol. The lowest BCUT2D eigenvalue weighted by atomic mass is 10.1. The molecule has 1 heterocycles. The summed E-state index contributed by atoms with van der Waals surface area (Å²) >= 11 is 2.22. The number of benzene rings is 1. The maximum atomic E-state index is 4.28. The van der Waals surface area contributed by atoms with Crippen molar-refractivity contribution >= 4 is 28.7 Å². The van der Waals surface area contributed by atoms with Crippen LogP contribution in [0, 0.1) is 0 Å². The van der Waals surface area contributed by atoms with Gasteiger partial charge < -0.3 is 3.11 Å². The van der Waals surface area contributed by atoms with Crippen LogP contribution in [0.15, 0.2) is 48.7 Å². The Morgan fingerprint density at radius 1 is 1.07 bits per heavy atom. The number of halogens is 1. The Hall–Kier alpha value is -1.10. The van der Waals surface area contributed by atoms with E-state index in [-0.39, 0.29) is 0 Å². The Labute approximate surface area is 103 Å². The van der Waals surface area contributed by atoms with Crippen molar-refractivity contribution in [2.24, 2.45) is 0 Å². The number of pyridine rings is 1. The van der Waals surface area contributed by atoms with E-state index in [0.717, 1.165) is 5.82 Å². The fraction of sp³-hybridized carbons (Fsp3) is 0.0833. The van der Waals surface area contributed by atoms with Gasteiger partial charge in [0.05, 0.1) is 22.9 Å². The van der Waals surface area contributed by atoms with E-state index < -0.39 is 0 Å². The highest BCUT2D eigenvalue weighted by molar-refractivity contribution is 14.1. The summed E-state index contributed by atoms with van der Waals surface area (Å²) in [5.41, 5.74) is 2.42. The standard InChI is InChI=1S/C12H11IN2/c1-15(13)12-9-11(7-8-14-12)10-5-3-2-4-6-10/h2-9H,1H3. The monoisotopic (exact) mass is 310 g/mol. The zero-order valence-corrected chi connectivity index (χ0v) is 10.5. The molecule has 0 aliphatic rings. The van der Waals surface area contributed by atoms with Crippen molar-refractivity contribution in [1.29, 1.82) is 0 Å². The highest BCUT2D eigenvalue weighted by Gasteiger charge is 2.01. The summed E-state index contributed by atoms with van der Waals surface area (Å²) in [7, 11) is 1.98. The van der Waals surface area contributed by atoms with Crippen LogP contribution in [0.3, 0.4) is 0 Å². The third-order valence-corrected chi connectivity index (χ3v) is 2.66. The van der Waals surface area contributed by atoms with E-state index in [2.05, 4.69) is 46.0 Å². The Morgan fingerprint density at radius 2 is 1.80 bits per heavy atom. The molecule has 0 amide bonds. The van der Waals surface area contributed by atoms with E-state index in [0.29, 0.717) is 0 Å². The number of anilines is 1. The van der Waals surface area contributed by atoms with E-state index in [1.54, 1.807) is 0 Å². The summed E-state index contributed by atoms with van der Waals surface area (Å²) in [4.78, 5) is 4.28. The zero-order valence-electron chi connectivity index (χ0n) is 8.39. The molecule has 0 aliphatic heterocycles. The molecule has 2 aromatic rings. The molecule has 1 aromatic carbocycles. The van der Waals surface area contributed by atoms with E-state index in [9.17, 15) is 0 Å². The molecule has 76 valence electrons. The number of rotatable bonds is 2. The first-order valence-corrected chi connectivity index (χ1v) is 5.65. The Bertz CT molecular complexity index is 440. The van der Waals surface area contributed by atoms with E-state index in [1.807, 2.05) is 40.6 Å². The van der Waals surface area contributed by atoms with Gasteiger partial charge in [0, 0.05) is 13.2 Å². The van der Waals surface area contributed by atoms with E-state index >= 15 is 0 Å². The number of hydrogen-bond acceptors (Lipinski definition) is 2. The van der Waals surface area contributed by atoms with Gasteiger partial charge in [-0.2, -0.15) is 0 Å². The zero-order chi connectivity index (χ0) is 10.7. The minimum absolute atomic E-state index is 0.969. The molecule has 2 nitrogen and oxygen atoms in total. The van der Waals surface area contributed by atoms with Crippen molar-refractivity contribution in [2.75, 3.05) is 10.2 Å². The molecular formula is C12H11IN2. The smallest absolute Gasteiger partial charge is 0.137 e. The highest BCUT2D eigenvalue weighted by atomic mass is 127. The van der Waals surface area contributed by atoms with Gasteiger partial charge in [-0.15, -0.1) is 0 Å². The highest BCUT2D eigenvalue weighted by Crippen LogP contribution is 2.23. The number of nitrogens with zero attached hydrogens (tertiary/aromatic N) is 2. The third-order valence-electron chi connectivity index (χ3n) is 2.17. The molecule has 0 saturated heterocycles. The normalized spacial score (nSPS) is 10.0. The predicted molar refractivity (Wildman–Crippen MR) is 72.1 cm³/mol. The van der Waals surface area contributed by atoms with Crippen molar-refractivity contribution in [2.45, 2.75) is 0 Å². The van der Waals surface area contributed by atoms with Crippen molar-refractivity contribution in [3.05, 3.63) is 48.7 Å². The van der Waals surface area contributed by atoms with Crippen molar-refractivity contribution in [3.8, 4) is 11.1 Å². The van der Waals surface area contributed by atoms with E-state index in [4.69, 9.17) is 0 Å². The first kappa shape index (κ1) is 10.4. The van der Waals surface area contributed by atoms with Crippen molar-refractivity contribution in [1.82, 2.24) is 4.98 Å². The van der Waals surface area contributed by atoms with Gasteiger partial charge in [0.15, 0.2) is 0 Å². The average molecular weight is 310 g/mol. The second kappa shape index (κ2) is 4.61. The Balaban J connectivity index is 2.42. The molecule has 0 radical (unpaired) electrons. The van der Waals surface area contributed by atoms with Crippen LogP contribution in [0.25, 0.3) is 11.1 Å². The summed E-state index contributed by atoms with van der Waals surface area (Å²) in [6, 6.07) is 14.4. The molecule has 2 rings (SSSR count). The molecule has 0 unspecified atom stereocenters. The largest absolute Gasteiger partial charge is 0.302 e. The second-order valence-electron chi connectivity index (χ2n) is 3.25. The molecule has 3 heteroatoms. The van der Waals surface area contributed by atoms with Crippen LogP contribution in [-0.4, -0.2) is 12.0 Å². The fourth-order valence-electron chi connectivity index (χ4n) is 1.40. The molecule has 0 bridgehead atoms. The van der Waals surface area contributed by atoms with Crippen LogP contribution in [0.2, 0.25) is 0 Å². The first-order valence-electron chi connectivity index (χ1n) is 4.68. The molecule has 0 saturated carbocycles. The first-order chi connectivity index (χ1) is 7.27. The molecule has 0 N–H and O–H groups in total. The minimum Gasteiger partial charge on any atom is -0.302 e. The topological polar surface area (TPSA) is 16.1 Å². The van der Waals surface area contributed by atoms with Gasteiger partial charge in [-0.1, -0.05) is 30.3 Å². The van der Waals surface area contributed by atoms with Crippen LogP contribution >= 0.6 is 22.9 Å². The fourth-order valence-corrected chi connectivity index (χ4v) is 1.66. The summed E-state index contributed by atoms with van der Waals surface area (Å²) in [5, 5.41) is 0. The quantitative estimate of drug-likeness (QED) is 0.623. The molecule has 0 aliphatic carbocycles. The SMILES string of the molecule is CN(I)c1cc(-c2ccccc2)ccn1. The lowest BCUT2D eigenvalue weighted by Gasteiger charge is -2.09. The van der Waals surface area contributed by atoms with Gasteiger partial charge in [0.2, 0.25) is 0 Å². The molecule has 0 spiro atoms. The van der Waals surface area contributed by atoms with Gasteiger partial charge >= 0.3 is 0 Å².